The van der Waals surface area contributed by atoms with Crippen molar-refractivity contribution in [2.24, 2.45) is 0 Å². The highest BCUT2D eigenvalue weighted by Gasteiger charge is 2.24. The van der Waals surface area contributed by atoms with Crippen LogP contribution >= 0.6 is 0 Å². The Balaban J connectivity index is 2.03. The minimum atomic E-state index is -0.419. The van der Waals surface area contributed by atoms with Gasteiger partial charge in [-0.05, 0) is 51.0 Å². The molecule has 0 unspecified atom stereocenters. The number of anilines is 1. The van der Waals surface area contributed by atoms with Gasteiger partial charge in [0.05, 0.1) is 17.4 Å². The van der Waals surface area contributed by atoms with Crippen molar-refractivity contribution in [2.45, 2.75) is 52.6 Å². The Morgan fingerprint density at radius 3 is 2.43 bits per heavy atom. The molecule has 1 N–H and O–H groups in total. The Hall–Kier alpha value is -3.03. The lowest BCUT2D eigenvalue weighted by Gasteiger charge is -2.21. The third kappa shape index (κ3) is 3.81. The van der Waals surface area contributed by atoms with Crippen molar-refractivity contribution in [1.82, 2.24) is 19.6 Å². The highest BCUT2D eigenvalue weighted by atomic mass is 19.1. The van der Waals surface area contributed by atoms with Gasteiger partial charge in [-0.3, -0.25) is 14.3 Å². The van der Waals surface area contributed by atoms with Crippen molar-refractivity contribution in [2.75, 3.05) is 5.32 Å². The first-order valence-electron chi connectivity index (χ1n) is 9.12. The van der Waals surface area contributed by atoms with Gasteiger partial charge in [0.1, 0.15) is 17.9 Å². The molecule has 1 aromatic carbocycles. The van der Waals surface area contributed by atoms with Crippen LogP contribution in [0.15, 0.2) is 35.3 Å². The van der Waals surface area contributed by atoms with E-state index in [0.29, 0.717) is 22.3 Å². The number of amides is 1. The average molecular weight is 385 g/mol. The second kappa shape index (κ2) is 7.18. The second-order valence-corrected chi connectivity index (χ2v) is 8.05. The van der Waals surface area contributed by atoms with E-state index in [2.05, 4.69) is 15.5 Å². The van der Waals surface area contributed by atoms with Crippen LogP contribution < -0.4 is 10.9 Å². The molecule has 2 heterocycles. The van der Waals surface area contributed by atoms with Crippen LogP contribution in [0.2, 0.25) is 0 Å². The first-order chi connectivity index (χ1) is 13.1. The third-order valence-electron chi connectivity index (χ3n) is 4.31. The Morgan fingerprint density at radius 2 is 1.86 bits per heavy atom. The third-order valence-corrected chi connectivity index (χ3v) is 4.31. The fourth-order valence-electron chi connectivity index (χ4n) is 3.01. The Bertz CT molecular complexity index is 1070. The standard InChI is InChI=1S/C20H24FN5O2/c1-12(2)17-15-10-22-26(20(3,4)5)18(15)19(28)25(24-17)11-16(27)23-14-8-6-13(21)7-9-14/h6-10,12H,11H2,1-5H3,(H,23,27). The lowest BCUT2D eigenvalue weighted by molar-refractivity contribution is -0.117. The van der Waals surface area contributed by atoms with Crippen LogP contribution in [-0.4, -0.2) is 25.5 Å². The highest BCUT2D eigenvalue weighted by Crippen LogP contribution is 2.24. The van der Waals surface area contributed by atoms with E-state index in [-0.39, 0.29) is 18.0 Å². The number of fused-ring (bicyclic) bond motifs is 1. The first-order valence-corrected chi connectivity index (χ1v) is 9.12. The number of carbonyl (C=O) groups excluding carboxylic acids is 1. The molecule has 0 aliphatic rings. The van der Waals surface area contributed by atoms with E-state index in [1.807, 2.05) is 34.6 Å². The van der Waals surface area contributed by atoms with Gasteiger partial charge in [0.15, 0.2) is 0 Å². The minimum absolute atomic E-state index is 0.0483. The Kier molecular flexibility index (Phi) is 5.06. The molecule has 0 radical (unpaired) electrons. The molecule has 7 nitrogen and oxygen atoms in total. The van der Waals surface area contributed by atoms with Crippen molar-refractivity contribution >= 4 is 22.5 Å². The molecular weight excluding hydrogens is 361 g/mol. The molecule has 0 spiro atoms. The topological polar surface area (TPSA) is 81.8 Å². The zero-order valence-electron chi connectivity index (χ0n) is 16.7. The molecule has 0 saturated carbocycles. The molecule has 0 saturated heterocycles. The van der Waals surface area contributed by atoms with Gasteiger partial charge < -0.3 is 5.32 Å². The lowest BCUT2D eigenvalue weighted by atomic mass is 10.1. The largest absolute Gasteiger partial charge is 0.324 e. The van der Waals surface area contributed by atoms with Crippen LogP contribution in [0.3, 0.4) is 0 Å². The van der Waals surface area contributed by atoms with Gasteiger partial charge in [0.2, 0.25) is 5.91 Å². The van der Waals surface area contributed by atoms with Gasteiger partial charge in [-0.1, -0.05) is 13.8 Å². The number of rotatable bonds is 4. The van der Waals surface area contributed by atoms with Crippen molar-refractivity contribution < 1.29 is 9.18 Å². The van der Waals surface area contributed by atoms with Crippen LogP contribution in [0.1, 0.15) is 46.2 Å². The monoisotopic (exact) mass is 385 g/mol. The zero-order valence-corrected chi connectivity index (χ0v) is 16.7. The van der Waals surface area contributed by atoms with Crippen molar-refractivity contribution in [3.05, 3.63) is 52.3 Å². The van der Waals surface area contributed by atoms with E-state index >= 15 is 0 Å². The van der Waals surface area contributed by atoms with Gasteiger partial charge in [0, 0.05) is 11.1 Å². The fraction of sp³-hybridized carbons (Fsp3) is 0.400. The molecule has 28 heavy (non-hydrogen) atoms. The summed E-state index contributed by atoms with van der Waals surface area (Å²) in [6, 6.07) is 5.43. The summed E-state index contributed by atoms with van der Waals surface area (Å²) in [6.07, 6.45) is 1.66. The number of nitrogens with one attached hydrogen (secondary N) is 1. The predicted molar refractivity (Wildman–Crippen MR) is 106 cm³/mol. The normalized spacial score (nSPS) is 12.0. The van der Waals surface area contributed by atoms with Gasteiger partial charge in [-0.2, -0.15) is 10.2 Å². The molecule has 3 rings (SSSR count). The second-order valence-electron chi connectivity index (χ2n) is 8.05. The first kappa shape index (κ1) is 19.7. The maximum Gasteiger partial charge on any atom is 0.293 e. The highest BCUT2D eigenvalue weighted by molar-refractivity contribution is 5.90. The van der Waals surface area contributed by atoms with E-state index in [9.17, 15) is 14.0 Å². The van der Waals surface area contributed by atoms with E-state index < -0.39 is 17.3 Å². The summed E-state index contributed by atoms with van der Waals surface area (Å²) in [5, 5.41) is 12.2. The number of aromatic nitrogens is 4. The minimum Gasteiger partial charge on any atom is -0.324 e. The van der Waals surface area contributed by atoms with Gasteiger partial charge in [-0.15, -0.1) is 0 Å². The maximum absolute atomic E-state index is 13.1. The summed E-state index contributed by atoms with van der Waals surface area (Å²) >= 11 is 0. The van der Waals surface area contributed by atoms with E-state index in [1.165, 1.54) is 28.9 Å². The molecule has 148 valence electrons. The van der Waals surface area contributed by atoms with E-state index in [4.69, 9.17) is 0 Å². The Labute approximate surface area is 162 Å². The quantitative estimate of drug-likeness (QED) is 0.747. The van der Waals surface area contributed by atoms with Gasteiger partial charge in [0.25, 0.3) is 5.56 Å². The summed E-state index contributed by atoms with van der Waals surface area (Å²) in [7, 11) is 0. The zero-order chi connectivity index (χ0) is 20.6. The van der Waals surface area contributed by atoms with Crippen molar-refractivity contribution in [3.8, 4) is 0 Å². The molecule has 8 heteroatoms. The molecule has 0 bridgehead atoms. The van der Waals surface area contributed by atoms with E-state index in [1.54, 1.807) is 10.9 Å². The smallest absolute Gasteiger partial charge is 0.293 e. The van der Waals surface area contributed by atoms with Crippen molar-refractivity contribution in [1.29, 1.82) is 0 Å². The average Bonchev–Trinajstić information content (AvgIpc) is 3.05. The molecule has 3 aromatic rings. The summed E-state index contributed by atoms with van der Waals surface area (Å²) < 4.78 is 15.9. The lowest BCUT2D eigenvalue weighted by Crippen LogP contribution is -2.34. The molecule has 1 amide bonds. The summed E-state index contributed by atoms with van der Waals surface area (Å²) in [4.78, 5) is 25.5. The van der Waals surface area contributed by atoms with Gasteiger partial charge in [-0.25, -0.2) is 9.07 Å². The summed E-state index contributed by atoms with van der Waals surface area (Å²) in [5.41, 5.74) is 0.816. The predicted octanol–water partition coefficient (Wildman–Crippen LogP) is 3.25. The number of carbonyl (C=O) groups is 1. The number of hydrogen-bond acceptors (Lipinski definition) is 4. The number of hydrogen-bond donors (Lipinski definition) is 1. The molecule has 0 aliphatic carbocycles. The van der Waals surface area contributed by atoms with Crippen LogP contribution in [-0.2, 0) is 16.9 Å². The summed E-state index contributed by atoms with van der Waals surface area (Å²) in [6.45, 7) is 9.58. The van der Waals surface area contributed by atoms with Crippen LogP contribution in [0.5, 0.6) is 0 Å². The van der Waals surface area contributed by atoms with Crippen LogP contribution in [0, 0.1) is 5.82 Å². The maximum atomic E-state index is 13.1. The fourth-order valence-corrected chi connectivity index (χ4v) is 3.01. The number of benzene rings is 1. The molecule has 0 atom stereocenters. The van der Waals surface area contributed by atoms with Gasteiger partial charge >= 0.3 is 0 Å². The van der Waals surface area contributed by atoms with E-state index in [0.717, 1.165) is 0 Å². The number of halogens is 1. The SMILES string of the molecule is CC(C)c1nn(CC(=O)Nc2ccc(F)cc2)c(=O)c2c1cnn2C(C)(C)C. The molecule has 0 fully saturated rings. The van der Waals surface area contributed by atoms with Crippen molar-refractivity contribution in [3.63, 3.8) is 0 Å². The number of nitrogens with zero attached hydrogens (tertiary/aromatic N) is 4. The molecule has 2 aromatic heterocycles. The molecular formula is C20H24FN5O2. The van der Waals surface area contributed by atoms with Crippen LogP contribution in [0.25, 0.3) is 10.9 Å². The summed E-state index contributed by atoms with van der Waals surface area (Å²) in [5.74, 6) is -0.762. The van der Waals surface area contributed by atoms with Crippen LogP contribution in [0.4, 0.5) is 10.1 Å². The molecule has 0 aliphatic heterocycles. The Morgan fingerprint density at radius 1 is 1.21 bits per heavy atom.